The Kier molecular flexibility index (Phi) is 4.23. The van der Waals surface area contributed by atoms with E-state index >= 15 is 0 Å². The minimum Gasteiger partial charge on any atom is -0.374 e. The minimum absolute atomic E-state index is 0.0668. The van der Waals surface area contributed by atoms with Gasteiger partial charge in [-0.2, -0.15) is 0 Å². The lowest BCUT2D eigenvalue weighted by Gasteiger charge is -2.37. The van der Waals surface area contributed by atoms with Crippen molar-refractivity contribution in [3.05, 3.63) is 35.4 Å². The zero-order valence-corrected chi connectivity index (χ0v) is 12.0. The van der Waals surface area contributed by atoms with Crippen molar-refractivity contribution in [2.24, 2.45) is 5.73 Å². The van der Waals surface area contributed by atoms with Gasteiger partial charge in [-0.3, -0.25) is 4.79 Å². The Balaban J connectivity index is 1.88. The van der Waals surface area contributed by atoms with E-state index in [0.717, 1.165) is 24.8 Å². The Labute approximate surface area is 125 Å². The van der Waals surface area contributed by atoms with Gasteiger partial charge in [-0.1, -0.05) is 24.0 Å². The number of hydrogen-bond acceptors (Lipinski definition) is 3. The van der Waals surface area contributed by atoms with Crippen molar-refractivity contribution < 1.29 is 9.53 Å². The molecule has 1 amide bonds. The number of nitrogens with two attached hydrogens (primary N) is 1. The fourth-order valence-corrected chi connectivity index (χ4v) is 3.26. The van der Waals surface area contributed by atoms with Gasteiger partial charge in [0.05, 0.1) is 30.9 Å². The highest BCUT2D eigenvalue weighted by Crippen LogP contribution is 2.30. The molecule has 1 aliphatic heterocycles. The van der Waals surface area contributed by atoms with Gasteiger partial charge in [-0.05, 0) is 31.4 Å². The molecule has 0 bridgehead atoms. The van der Waals surface area contributed by atoms with Crippen molar-refractivity contribution in [2.75, 3.05) is 19.7 Å². The number of nitrogens with zero attached hydrogens (tertiary/aromatic N) is 1. The van der Waals surface area contributed by atoms with Crippen molar-refractivity contribution in [2.45, 2.75) is 31.4 Å². The average Bonchev–Trinajstić information content (AvgIpc) is 3.01. The molecule has 0 aromatic heterocycles. The number of ether oxygens (including phenoxy) is 1. The molecule has 2 unspecified atom stereocenters. The average molecular weight is 284 g/mol. The minimum atomic E-state index is 0.0668. The van der Waals surface area contributed by atoms with Crippen LogP contribution in [0.1, 0.15) is 35.2 Å². The second kappa shape index (κ2) is 6.30. The smallest absolute Gasteiger partial charge is 0.255 e. The predicted molar refractivity (Wildman–Crippen MR) is 80.8 cm³/mol. The van der Waals surface area contributed by atoms with E-state index in [4.69, 9.17) is 10.5 Å². The molecule has 2 N–H and O–H groups in total. The number of amides is 1. The second-order valence-electron chi connectivity index (χ2n) is 5.46. The van der Waals surface area contributed by atoms with E-state index in [0.29, 0.717) is 25.3 Å². The lowest BCUT2D eigenvalue weighted by Crippen LogP contribution is -2.51. The van der Waals surface area contributed by atoms with Crippen molar-refractivity contribution in [3.8, 4) is 11.8 Å². The molecule has 4 heteroatoms. The van der Waals surface area contributed by atoms with Crippen molar-refractivity contribution in [1.82, 2.24) is 4.90 Å². The fraction of sp³-hybridized carbons (Fsp3) is 0.471. The Hall–Kier alpha value is -1.83. The third kappa shape index (κ3) is 2.80. The molecule has 1 heterocycles. The molecule has 1 aromatic carbocycles. The third-order valence-electron chi connectivity index (χ3n) is 4.23. The normalized spacial score (nSPS) is 24.1. The Morgan fingerprint density at radius 3 is 3.10 bits per heavy atom. The van der Waals surface area contributed by atoms with E-state index in [1.807, 2.05) is 29.2 Å². The first-order valence-corrected chi connectivity index (χ1v) is 7.52. The van der Waals surface area contributed by atoms with Crippen LogP contribution in [0.25, 0.3) is 0 Å². The van der Waals surface area contributed by atoms with Crippen molar-refractivity contribution in [1.29, 1.82) is 0 Å². The van der Waals surface area contributed by atoms with Crippen LogP contribution in [0, 0.1) is 11.8 Å². The van der Waals surface area contributed by atoms with E-state index in [2.05, 4.69) is 11.8 Å². The Morgan fingerprint density at radius 1 is 1.38 bits per heavy atom. The van der Waals surface area contributed by atoms with Crippen LogP contribution in [0.3, 0.4) is 0 Å². The lowest BCUT2D eigenvalue weighted by molar-refractivity contribution is -0.0445. The third-order valence-corrected chi connectivity index (χ3v) is 4.23. The van der Waals surface area contributed by atoms with E-state index in [1.54, 1.807) is 0 Å². The molecule has 2 fully saturated rings. The van der Waals surface area contributed by atoms with Gasteiger partial charge < -0.3 is 15.4 Å². The van der Waals surface area contributed by atoms with Crippen LogP contribution in [0.2, 0.25) is 0 Å². The molecule has 1 saturated carbocycles. The Morgan fingerprint density at radius 2 is 2.24 bits per heavy atom. The molecule has 0 radical (unpaired) electrons. The van der Waals surface area contributed by atoms with Crippen LogP contribution in [0.4, 0.5) is 0 Å². The van der Waals surface area contributed by atoms with Gasteiger partial charge in [0.15, 0.2) is 0 Å². The maximum absolute atomic E-state index is 12.9. The summed E-state index contributed by atoms with van der Waals surface area (Å²) >= 11 is 0. The van der Waals surface area contributed by atoms with Crippen LogP contribution < -0.4 is 5.73 Å². The molecule has 0 spiro atoms. The summed E-state index contributed by atoms with van der Waals surface area (Å²) in [6, 6.07) is 7.73. The molecule has 4 nitrogen and oxygen atoms in total. The summed E-state index contributed by atoms with van der Waals surface area (Å²) in [7, 11) is 0. The summed E-state index contributed by atoms with van der Waals surface area (Å²) in [6.45, 7) is 1.59. The van der Waals surface area contributed by atoms with Gasteiger partial charge in [0.2, 0.25) is 0 Å². The van der Waals surface area contributed by atoms with E-state index < -0.39 is 0 Å². The molecule has 3 rings (SSSR count). The van der Waals surface area contributed by atoms with Crippen molar-refractivity contribution in [3.63, 3.8) is 0 Å². The zero-order chi connectivity index (χ0) is 14.7. The summed E-state index contributed by atoms with van der Waals surface area (Å²) in [5.41, 5.74) is 6.86. The van der Waals surface area contributed by atoms with Crippen LogP contribution in [-0.2, 0) is 4.74 Å². The first-order valence-electron chi connectivity index (χ1n) is 7.52. The van der Waals surface area contributed by atoms with Crippen LogP contribution in [-0.4, -0.2) is 42.6 Å². The van der Waals surface area contributed by atoms with Crippen molar-refractivity contribution >= 4 is 5.91 Å². The van der Waals surface area contributed by atoms with Gasteiger partial charge in [0, 0.05) is 12.1 Å². The molecule has 21 heavy (non-hydrogen) atoms. The predicted octanol–water partition coefficient (Wildman–Crippen LogP) is 1.39. The lowest BCUT2D eigenvalue weighted by atomic mass is 10.0. The number of morpholine rings is 1. The van der Waals surface area contributed by atoms with E-state index in [1.165, 1.54) is 0 Å². The first kappa shape index (κ1) is 14.1. The van der Waals surface area contributed by atoms with Gasteiger partial charge in [-0.15, -0.1) is 0 Å². The topological polar surface area (TPSA) is 55.6 Å². The SMILES string of the molecule is NCC#Cc1ccccc1C(=O)N1CCOC2CCCC21. The highest BCUT2D eigenvalue weighted by atomic mass is 16.5. The molecular formula is C17H20N2O2. The quantitative estimate of drug-likeness (QED) is 0.793. The number of rotatable bonds is 1. The molecule has 1 aliphatic carbocycles. The fourth-order valence-electron chi connectivity index (χ4n) is 3.26. The number of carbonyl (C=O) groups excluding carboxylic acids is 1. The molecule has 2 atom stereocenters. The number of hydrogen-bond donors (Lipinski definition) is 1. The molecule has 2 aliphatic rings. The molecule has 1 aromatic rings. The Bertz CT molecular complexity index is 588. The molecule has 110 valence electrons. The van der Waals surface area contributed by atoms with E-state index in [-0.39, 0.29) is 18.1 Å². The summed E-state index contributed by atoms with van der Waals surface area (Å²) in [5, 5.41) is 0. The number of carbonyl (C=O) groups is 1. The largest absolute Gasteiger partial charge is 0.374 e. The summed E-state index contributed by atoms with van der Waals surface area (Å²) < 4.78 is 5.77. The standard InChI is InChI=1S/C17H20N2O2/c18-10-4-6-13-5-1-2-7-14(13)17(20)19-11-12-21-16-9-3-8-15(16)19/h1-2,5,7,15-16H,3,8-12,18H2. The highest BCUT2D eigenvalue weighted by Gasteiger charge is 2.38. The highest BCUT2D eigenvalue weighted by molar-refractivity contribution is 5.97. The number of fused-ring (bicyclic) bond motifs is 1. The van der Waals surface area contributed by atoms with Crippen LogP contribution in [0.15, 0.2) is 24.3 Å². The number of benzene rings is 1. The first-order chi connectivity index (χ1) is 10.3. The molecule has 1 saturated heterocycles. The van der Waals surface area contributed by atoms with Gasteiger partial charge >= 0.3 is 0 Å². The molecular weight excluding hydrogens is 264 g/mol. The maximum atomic E-state index is 12.9. The maximum Gasteiger partial charge on any atom is 0.255 e. The monoisotopic (exact) mass is 284 g/mol. The second-order valence-corrected chi connectivity index (χ2v) is 5.46. The van der Waals surface area contributed by atoms with E-state index in [9.17, 15) is 4.79 Å². The van der Waals surface area contributed by atoms with Crippen LogP contribution >= 0.6 is 0 Å². The summed E-state index contributed by atoms with van der Waals surface area (Å²) in [4.78, 5) is 14.9. The van der Waals surface area contributed by atoms with Crippen LogP contribution in [0.5, 0.6) is 0 Å². The van der Waals surface area contributed by atoms with Gasteiger partial charge in [0.25, 0.3) is 5.91 Å². The van der Waals surface area contributed by atoms with Gasteiger partial charge in [-0.25, -0.2) is 0 Å². The summed E-state index contributed by atoms with van der Waals surface area (Å²) in [5.74, 6) is 5.90. The zero-order valence-electron chi connectivity index (χ0n) is 12.0. The summed E-state index contributed by atoms with van der Waals surface area (Å²) in [6.07, 6.45) is 3.44. The van der Waals surface area contributed by atoms with Gasteiger partial charge in [0.1, 0.15) is 0 Å².